The lowest BCUT2D eigenvalue weighted by atomic mass is 10.2. The normalized spacial score (nSPS) is 10.3. The molecule has 18 heavy (non-hydrogen) atoms. The van der Waals surface area contributed by atoms with Crippen molar-refractivity contribution in [1.29, 1.82) is 0 Å². The van der Waals surface area contributed by atoms with Crippen molar-refractivity contribution in [3.8, 4) is 5.75 Å². The third-order valence-electron chi connectivity index (χ3n) is 2.49. The Morgan fingerprint density at radius 1 is 1.28 bits per heavy atom. The molecule has 2 aromatic rings. The number of ether oxygens (including phenoxy) is 1. The molecule has 0 saturated carbocycles. The first-order valence-electron chi connectivity index (χ1n) is 5.23. The van der Waals surface area contributed by atoms with E-state index in [4.69, 9.17) is 16.3 Å². The molecule has 0 radical (unpaired) electrons. The summed E-state index contributed by atoms with van der Waals surface area (Å²) in [6, 6.07) is 8.29. The number of hydrogen-bond donors (Lipinski definition) is 1. The summed E-state index contributed by atoms with van der Waals surface area (Å²) in [5.41, 5.74) is -0.131. The molecule has 0 aliphatic carbocycles. The highest BCUT2D eigenvalue weighted by Crippen LogP contribution is 2.11. The van der Waals surface area contributed by atoms with E-state index in [9.17, 15) is 9.59 Å². The molecule has 1 N–H and O–H groups in total. The number of hydrogen-bond acceptors (Lipinski definition) is 3. The van der Waals surface area contributed by atoms with Gasteiger partial charge in [-0.1, -0.05) is 23.7 Å². The van der Waals surface area contributed by atoms with Crippen LogP contribution >= 0.6 is 11.6 Å². The molecule has 0 bridgehead atoms. The average molecular weight is 267 g/mol. The number of aromatic amines is 1. The van der Waals surface area contributed by atoms with Crippen LogP contribution in [-0.2, 0) is 6.54 Å². The quantitative estimate of drug-likeness (QED) is 0.851. The van der Waals surface area contributed by atoms with Crippen molar-refractivity contribution >= 4 is 11.6 Å². The van der Waals surface area contributed by atoms with Crippen molar-refractivity contribution in [1.82, 2.24) is 9.55 Å². The van der Waals surface area contributed by atoms with Crippen molar-refractivity contribution in [2.45, 2.75) is 6.54 Å². The first-order chi connectivity index (χ1) is 8.60. The van der Waals surface area contributed by atoms with Gasteiger partial charge in [-0.25, -0.2) is 4.79 Å². The molecule has 0 amide bonds. The molecule has 0 aliphatic rings. The SMILES string of the molecule is COc1ccc(Cn2c(=O)cc(Cl)[nH]c2=O)cc1. The fourth-order valence-corrected chi connectivity index (χ4v) is 1.73. The molecule has 0 fully saturated rings. The first kappa shape index (κ1) is 12.4. The Bertz CT molecular complexity index is 627. The molecule has 5 nitrogen and oxygen atoms in total. The summed E-state index contributed by atoms with van der Waals surface area (Å²) in [5, 5.41) is 0.0379. The lowest BCUT2D eigenvalue weighted by molar-refractivity contribution is 0.414. The van der Waals surface area contributed by atoms with Gasteiger partial charge in [0, 0.05) is 6.07 Å². The van der Waals surface area contributed by atoms with Crippen LogP contribution in [0.1, 0.15) is 5.56 Å². The zero-order valence-electron chi connectivity index (χ0n) is 9.64. The van der Waals surface area contributed by atoms with E-state index in [1.54, 1.807) is 31.4 Å². The number of halogens is 1. The summed E-state index contributed by atoms with van der Waals surface area (Å²) in [6.07, 6.45) is 0. The fraction of sp³-hybridized carbons (Fsp3) is 0.167. The van der Waals surface area contributed by atoms with Crippen LogP contribution in [0.15, 0.2) is 39.9 Å². The lowest BCUT2D eigenvalue weighted by Crippen LogP contribution is -2.34. The predicted octanol–water partition coefficient (Wildman–Crippen LogP) is 1.25. The Hall–Kier alpha value is -2.01. The van der Waals surface area contributed by atoms with Crippen LogP contribution in [0.25, 0.3) is 0 Å². The second kappa shape index (κ2) is 5.10. The maximum atomic E-state index is 11.6. The van der Waals surface area contributed by atoms with Gasteiger partial charge < -0.3 is 4.74 Å². The molecule has 1 aromatic carbocycles. The summed E-state index contributed by atoms with van der Waals surface area (Å²) in [4.78, 5) is 25.6. The van der Waals surface area contributed by atoms with E-state index in [2.05, 4.69) is 4.98 Å². The van der Waals surface area contributed by atoms with Crippen molar-refractivity contribution in [3.63, 3.8) is 0 Å². The van der Waals surface area contributed by atoms with Crippen LogP contribution in [0, 0.1) is 0 Å². The molecular weight excluding hydrogens is 256 g/mol. The molecule has 0 saturated heterocycles. The van der Waals surface area contributed by atoms with Gasteiger partial charge in [-0.2, -0.15) is 0 Å². The van der Waals surface area contributed by atoms with Crippen molar-refractivity contribution < 1.29 is 4.74 Å². The summed E-state index contributed by atoms with van der Waals surface area (Å²) >= 11 is 5.58. The molecule has 6 heteroatoms. The minimum absolute atomic E-state index is 0.0379. The molecule has 0 spiro atoms. The van der Waals surface area contributed by atoms with E-state index in [1.165, 1.54) is 6.07 Å². The van der Waals surface area contributed by atoms with Crippen molar-refractivity contribution in [2.75, 3.05) is 7.11 Å². The predicted molar refractivity (Wildman–Crippen MR) is 68.4 cm³/mol. The van der Waals surface area contributed by atoms with Gasteiger partial charge in [0.25, 0.3) is 5.56 Å². The number of benzene rings is 1. The molecule has 2 rings (SSSR count). The van der Waals surface area contributed by atoms with Gasteiger partial charge in [-0.05, 0) is 17.7 Å². The van der Waals surface area contributed by atoms with Gasteiger partial charge in [0.05, 0.1) is 13.7 Å². The number of aromatic nitrogens is 2. The number of nitrogens with zero attached hydrogens (tertiary/aromatic N) is 1. The van der Waals surface area contributed by atoms with Gasteiger partial charge in [-0.3, -0.25) is 14.3 Å². The van der Waals surface area contributed by atoms with E-state index < -0.39 is 11.2 Å². The maximum Gasteiger partial charge on any atom is 0.329 e. The molecule has 0 atom stereocenters. The number of rotatable bonds is 3. The first-order valence-corrected chi connectivity index (χ1v) is 5.60. The highest BCUT2D eigenvalue weighted by Gasteiger charge is 2.04. The molecule has 94 valence electrons. The summed E-state index contributed by atoms with van der Waals surface area (Å²) in [7, 11) is 1.57. The third kappa shape index (κ3) is 2.62. The number of methoxy groups -OCH3 is 1. The second-order valence-electron chi connectivity index (χ2n) is 3.69. The zero-order chi connectivity index (χ0) is 13.1. The second-order valence-corrected chi connectivity index (χ2v) is 4.10. The topological polar surface area (TPSA) is 64.1 Å². The van der Waals surface area contributed by atoms with Crippen molar-refractivity contribution in [3.05, 3.63) is 61.9 Å². The Morgan fingerprint density at radius 3 is 2.50 bits per heavy atom. The van der Waals surface area contributed by atoms with Crippen LogP contribution in [0.3, 0.4) is 0 Å². The summed E-state index contributed by atoms with van der Waals surface area (Å²) in [6.45, 7) is 0.190. The van der Waals surface area contributed by atoms with Crippen LogP contribution in [0.2, 0.25) is 5.15 Å². The Labute approximate surface area is 108 Å². The van der Waals surface area contributed by atoms with E-state index >= 15 is 0 Å². The third-order valence-corrected chi connectivity index (χ3v) is 2.69. The van der Waals surface area contributed by atoms with Gasteiger partial charge >= 0.3 is 5.69 Å². The molecule has 0 aliphatic heterocycles. The van der Waals surface area contributed by atoms with Gasteiger partial charge in [0.15, 0.2) is 0 Å². The zero-order valence-corrected chi connectivity index (χ0v) is 10.4. The standard InChI is InChI=1S/C12H11ClN2O3/c1-18-9-4-2-8(3-5-9)7-15-11(16)6-10(13)14-12(15)17/h2-6H,7H2,1H3,(H,14,17). The largest absolute Gasteiger partial charge is 0.497 e. The summed E-state index contributed by atoms with van der Waals surface area (Å²) < 4.78 is 6.11. The van der Waals surface area contributed by atoms with E-state index in [-0.39, 0.29) is 11.7 Å². The average Bonchev–Trinajstić information content (AvgIpc) is 2.34. The number of H-pyrrole nitrogens is 1. The summed E-state index contributed by atoms with van der Waals surface area (Å²) in [5.74, 6) is 0.719. The van der Waals surface area contributed by atoms with Crippen LogP contribution in [0.5, 0.6) is 5.75 Å². The minimum atomic E-state index is -0.525. The van der Waals surface area contributed by atoms with Gasteiger partial charge in [0.2, 0.25) is 0 Å². The van der Waals surface area contributed by atoms with Crippen LogP contribution in [0.4, 0.5) is 0 Å². The Morgan fingerprint density at radius 2 is 1.94 bits per heavy atom. The van der Waals surface area contributed by atoms with E-state index in [0.29, 0.717) is 0 Å². The number of nitrogens with one attached hydrogen (secondary N) is 1. The Balaban J connectivity index is 2.34. The fourth-order valence-electron chi connectivity index (χ4n) is 1.56. The smallest absolute Gasteiger partial charge is 0.329 e. The minimum Gasteiger partial charge on any atom is -0.497 e. The van der Waals surface area contributed by atoms with E-state index in [0.717, 1.165) is 15.9 Å². The molecule has 1 aromatic heterocycles. The molecule has 1 heterocycles. The van der Waals surface area contributed by atoms with Crippen LogP contribution in [-0.4, -0.2) is 16.7 Å². The highest BCUT2D eigenvalue weighted by atomic mass is 35.5. The lowest BCUT2D eigenvalue weighted by Gasteiger charge is -2.05. The van der Waals surface area contributed by atoms with E-state index in [1.807, 2.05) is 0 Å². The van der Waals surface area contributed by atoms with Gasteiger partial charge in [-0.15, -0.1) is 0 Å². The van der Waals surface area contributed by atoms with Crippen LogP contribution < -0.4 is 16.0 Å². The monoisotopic (exact) mass is 266 g/mol. The van der Waals surface area contributed by atoms with Gasteiger partial charge in [0.1, 0.15) is 10.9 Å². The molecule has 0 unspecified atom stereocenters. The maximum absolute atomic E-state index is 11.6. The highest BCUT2D eigenvalue weighted by molar-refractivity contribution is 6.29. The molecular formula is C12H11ClN2O3. The Kier molecular flexibility index (Phi) is 3.53. The van der Waals surface area contributed by atoms with Crippen molar-refractivity contribution in [2.24, 2.45) is 0 Å².